The van der Waals surface area contributed by atoms with Crippen LogP contribution in [0.15, 0.2) is 12.1 Å². The van der Waals surface area contributed by atoms with E-state index in [4.69, 9.17) is 10.5 Å². The third-order valence-electron chi connectivity index (χ3n) is 3.28. The van der Waals surface area contributed by atoms with Crippen LogP contribution in [0.4, 0.5) is 5.82 Å². The van der Waals surface area contributed by atoms with Crippen molar-refractivity contribution in [2.45, 2.75) is 18.9 Å². The van der Waals surface area contributed by atoms with Gasteiger partial charge in [0.25, 0.3) is 0 Å². The monoisotopic (exact) mass is 247 g/mol. The van der Waals surface area contributed by atoms with Gasteiger partial charge in [0.2, 0.25) is 0 Å². The topological polar surface area (TPSA) is 88.8 Å². The van der Waals surface area contributed by atoms with Gasteiger partial charge in [0.15, 0.2) is 5.65 Å². The molecular formula is C12H17N5O. The molecule has 2 aromatic rings. The summed E-state index contributed by atoms with van der Waals surface area (Å²) in [6, 6.07) is 4.00. The quantitative estimate of drug-likeness (QED) is 0.740. The molecule has 2 aromatic heterocycles. The van der Waals surface area contributed by atoms with E-state index in [1.54, 1.807) is 6.07 Å². The van der Waals surface area contributed by atoms with E-state index in [2.05, 4.69) is 27.2 Å². The second-order valence-electron chi connectivity index (χ2n) is 4.54. The van der Waals surface area contributed by atoms with E-state index in [-0.39, 0.29) is 5.92 Å². The number of aromatic nitrogens is 3. The molecular weight excluding hydrogens is 230 g/mol. The molecule has 3 heterocycles. The number of nitrogens with one attached hydrogen (secondary N) is 2. The summed E-state index contributed by atoms with van der Waals surface area (Å²) in [6.07, 6.45) is 0. The fourth-order valence-corrected chi connectivity index (χ4v) is 2.39. The zero-order valence-corrected chi connectivity index (χ0v) is 10.3. The van der Waals surface area contributed by atoms with Crippen LogP contribution in [-0.4, -0.2) is 40.8 Å². The summed E-state index contributed by atoms with van der Waals surface area (Å²) in [5.41, 5.74) is 7.25. The number of imidazole rings is 1. The Bertz CT molecular complexity index is 552. The molecule has 4 N–H and O–H groups in total. The second kappa shape index (κ2) is 4.55. The number of nitrogens with two attached hydrogens (primary N) is 1. The molecule has 0 aliphatic carbocycles. The highest BCUT2D eigenvalue weighted by atomic mass is 16.5. The average molecular weight is 247 g/mol. The minimum Gasteiger partial charge on any atom is -0.384 e. The van der Waals surface area contributed by atoms with Crippen LogP contribution in [-0.2, 0) is 4.74 Å². The number of rotatable bonds is 3. The number of pyridine rings is 1. The number of fused-ring (bicyclic) bond motifs is 1. The predicted octanol–water partition coefficient (Wildman–Crippen LogP) is 0.632. The minimum atomic E-state index is 0.250. The third-order valence-corrected chi connectivity index (χ3v) is 3.28. The Morgan fingerprint density at radius 1 is 1.44 bits per heavy atom. The van der Waals surface area contributed by atoms with Crippen molar-refractivity contribution in [3.8, 4) is 0 Å². The lowest BCUT2D eigenvalue weighted by molar-refractivity contribution is 0.187. The number of aromatic amines is 1. The van der Waals surface area contributed by atoms with E-state index in [1.165, 1.54) is 0 Å². The van der Waals surface area contributed by atoms with E-state index in [1.807, 2.05) is 6.07 Å². The fraction of sp³-hybridized carbons (Fsp3) is 0.500. The van der Waals surface area contributed by atoms with Gasteiger partial charge in [-0.25, -0.2) is 9.97 Å². The average Bonchev–Trinajstić information content (AvgIpc) is 2.94. The molecule has 1 saturated heterocycles. The molecule has 0 bridgehead atoms. The molecule has 0 spiro atoms. The molecule has 0 saturated carbocycles. The van der Waals surface area contributed by atoms with Crippen molar-refractivity contribution in [1.82, 2.24) is 20.3 Å². The van der Waals surface area contributed by atoms with Gasteiger partial charge in [0.1, 0.15) is 11.6 Å². The normalized spacial score (nSPS) is 23.8. The maximum atomic E-state index is 5.66. The largest absolute Gasteiger partial charge is 0.384 e. The number of ether oxygens (including phenoxy) is 1. The second-order valence-corrected chi connectivity index (χ2v) is 4.54. The summed E-state index contributed by atoms with van der Waals surface area (Å²) >= 11 is 0. The lowest BCUT2D eigenvalue weighted by Crippen LogP contribution is -2.34. The van der Waals surface area contributed by atoms with Gasteiger partial charge in [0.05, 0.1) is 24.6 Å². The molecule has 0 amide bonds. The van der Waals surface area contributed by atoms with Gasteiger partial charge in [-0.2, -0.15) is 0 Å². The molecule has 1 fully saturated rings. The van der Waals surface area contributed by atoms with Crippen LogP contribution < -0.4 is 11.1 Å². The molecule has 6 nitrogen and oxygen atoms in total. The zero-order valence-electron chi connectivity index (χ0n) is 10.3. The van der Waals surface area contributed by atoms with Crippen LogP contribution in [0, 0.1) is 0 Å². The Hall–Kier alpha value is -1.66. The summed E-state index contributed by atoms with van der Waals surface area (Å²) in [7, 11) is 0. The summed E-state index contributed by atoms with van der Waals surface area (Å²) in [5, 5.41) is 3.42. The van der Waals surface area contributed by atoms with E-state index in [0.29, 0.717) is 24.1 Å². The molecule has 18 heavy (non-hydrogen) atoms. The number of hydrogen-bond donors (Lipinski definition) is 3. The predicted molar refractivity (Wildman–Crippen MR) is 69.3 cm³/mol. The SMILES string of the molecule is CCNC1COCC1c1nc2nc(N)ccc2[nH]1. The molecule has 1 aliphatic heterocycles. The Morgan fingerprint density at radius 3 is 3.17 bits per heavy atom. The Kier molecular flexibility index (Phi) is 2.89. The van der Waals surface area contributed by atoms with Gasteiger partial charge in [0, 0.05) is 6.04 Å². The highest BCUT2D eigenvalue weighted by molar-refractivity contribution is 5.72. The Balaban J connectivity index is 1.93. The molecule has 1 aliphatic rings. The number of H-pyrrole nitrogens is 1. The number of likely N-dealkylation sites (N-methyl/N-ethyl adjacent to an activating group) is 1. The van der Waals surface area contributed by atoms with Crippen molar-refractivity contribution >= 4 is 17.0 Å². The first-order valence-electron chi connectivity index (χ1n) is 6.21. The van der Waals surface area contributed by atoms with E-state index in [9.17, 15) is 0 Å². The molecule has 3 rings (SSSR count). The lowest BCUT2D eigenvalue weighted by Gasteiger charge is -2.15. The first kappa shape index (κ1) is 11.4. The zero-order chi connectivity index (χ0) is 12.5. The lowest BCUT2D eigenvalue weighted by atomic mass is 10.0. The molecule has 0 radical (unpaired) electrons. The molecule has 96 valence electrons. The summed E-state index contributed by atoms with van der Waals surface area (Å²) in [4.78, 5) is 12.0. The smallest absolute Gasteiger partial charge is 0.179 e. The van der Waals surface area contributed by atoms with E-state index in [0.717, 1.165) is 24.5 Å². The number of nitrogens with zero attached hydrogens (tertiary/aromatic N) is 2. The highest BCUT2D eigenvalue weighted by Crippen LogP contribution is 2.25. The highest BCUT2D eigenvalue weighted by Gasteiger charge is 2.31. The van der Waals surface area contributed by atoms with Crippen molar-refractivity contribution in [1.29, 1.82) is 0 Å². The van der Waals surface area contributed by atoms with Crippen molar-refractivity contribution in [3.63, 3.8) is 0 Å². The van der Waals surface area contributed by atoms with Crippen molar-refractivity contribution in [3.05, 3.63) is 18.0 Å². The van der Waals surface area contributed by atoms with Crippen LogP contribution in [0.5, 0.6) is 0 Å². The first-order chi connectivity index (χ1) is 8.78. The maximum absolute atomic E-state index is 5.66. The standard InChI is InChI=1S/C12H17N5O/c1-2-14-9-6-18-5-7(9)11-15-8-3-4-10(13)16-12(8)17-11/h3-4,7,9,14H,2,5-6H2,1H3,(H3,13,15,16,17). The van der Waals surface area contributed by atoms with Crippen LogP contribution >= 0.6 is 0 Å². The van der Waals surface area contributed by atoms with Gasteiger partial charge in [-0.05, 0) is 18.7 Å². The van der Waals surface area contributed by atoms with Gasteiger partial charge >= 0.3 is 0 Å². The van der Waals surface area contributed by atoms with Gasteiger partial charge in [-0.3, -0.25) is 0 Å². The minimum absolute atomic E-state index is 0.250. The van der Waals surface area contributed by atoms with E-state index < -0.39 is 0 Å². The van der Waals surface area contributed by atoms with E-state index >= 15 is 0 Å². The van der Waals surface area contributed by atoms with Gasteiger partial charge in [-0.1, -0.05) is 6.92 Å². The van der Waals surface area contributed by atoms with Crippen LogP contribution in [0.3, 0.4) is 0 Å². The summed E-state index contributed by atoms with van der Waals surface area (Å²) in [5.74, 6) is 1.67. The van der Waals surface area contributed by atoms with Crippen LogP contribution in [0.25, 0.3) is 11.2 Å². The van der Waals surface area contributed by atoms with Crippen molar-refractivity contribution in [2.24, 2.45) is 0 Å². The van der Waals surface area contributed by atoms with Crippen molar-refractivity contribution in [2.75, 3.05) is 25.5 Å². The Labute approximate surface area is 105 Å². The molecule has 2 atom stereocenters. The van der Waals surface area contributed by atoms with Gasteiger partial charge < -0.3 is 20.8 Å². The summed E-state index contributed by atoms with van der Waals surface area (Å²) in [6.45, 7) is 4.43. The van der Waals surface area contributed by atoms with Crippen LogP contribution in [0.1, 0.15) is 18.7 Å². The molecule has 2 unspecified atom stereocenters. The Morgan fingerprint density at radius 2 is 2.33 bits per heavy atom. The maximum Gasteiger partial charge on any atom is 0.179 e. The van der Waals surface area contributed by atoms with Crippen molar-refractivity contribution < 1.29 is 4.74 Å². The number of anilines is 1. The third kappa shape index (κ3) is 1.93. The molecule has 6 heteroatoms. The fourth-order valence-electron chi connectivity index (χ4n) is 2.39. The van der Waals surface area contributed by atoms with Gasteiger partial charge in [-0.15, -0.1) is 0 Å². The van der Waals surface area contributed by atoms with Crippen LogP contribution in [0.2, 0.25) is 0 Å². The number of nitrogen functional groups attached to an aromatic ring is 1. The number of hydrogen-bond acceptors (Lipinski definition) is 5. The summed E-state index contributed by atoms with van der Waals surface area (Å²) < 4.78 is 5.53. The molecule has 0 aromatic carbocycles. The first-order valence-corrected chi connectivity index (χ1v) is 6.21.